The largest absolute Gasteiger partial charge is 0.468 e. The number of hydrogen-bond acceptors (Lipinski definition) is 5. The molecule has 4 nitrogen and oxygen atoms in total. The molecule has 1 unspecified atom stereocenters. The summed E-state index contributed by atoms with van der Waals surface area (Å²) in [6.07, 6.45) is 9.24. The van der Waals surface area contributed by atoms with Crippen LogP contribution in [0.25, 0.3) is 17.2 Å². The Morgan fingerprint density at radius 2 is 1.78 bits per heavy atom. The van der Waals surface area contributed by atoms with Crippen LogP contribution in [0.4, 0.5) is 5.69 Å². The number of nitrogens with one attached hydrogen (secondary N) is 2. The third kappa shape index (κ3) is 8.84. The van der Waals surface area contributed by atoms with E-state index in [4.69, 9.17) is 5.41 Å². The standard InChI is InChI=1S/C27H28IN2PS.C3H6O2/c1-4-8-19-11-13-20(14-12-19)27(21-15-16-25(30-31-28)22(17-21)18-29)23(5-2)24-9-6-7-10-26(24)32-3;1-2-5-3-4/h4,6-18,29-31H,5H2,1-3H3;3H,2H2,1H3/b8-4+,27-23+,29-18?;. The van der Waals surface area contributed by atoms with Gasteiger partial charge in [0.15, 0.2) is 0 Å². The zero-order valence-corrected chi connectivity index (χ0v) is 25.7. The van der Waals surface area contributed by atoms with Crippen molar-refractivity contribution in [2.75, 3.05) is 17.9 Å². The normalized spacial score (nSPS) is 11.6. The molecule has 0 saturated carbocycles. The molecule has 0 amide bonds. The smallest absolute Gasteiger partial charge is 0.293 e. The molecule has 0 aromatic heterocycles. The minimum absolute atomic E-state index is 0.431. The molecule has 3 aromatic rings. The van der Waals surface area contributed by atoms with Crippen molar-refractivity contribution in [2.24, 2.45) is 0 Å². The van der Waals surface area contributed by atoms with Gasteiger partial charge in [0.2, 0.25) is 0 Å². The van der Waals surface area contributed by atoms with E-state index in [1.54, 1.807) is 18.7 Å². The van der Waals surface area contributed by atoms with Gasteiger partial charge in [-0.3, -0.25) is 4.79 Å². The molecule has 3 rings (SSSR count). The molecule has 3 aromatic carbocycles. The summed E-state index contributed by atoms with van der Waals surface area (Å²) in [6.45, 7) is 6.93. The molecule has 0 fully saturated rings. The first-order chi connectivity index (χ1) is 18.1. The van der Waals surface area contributed by atoms with Crippen LogP contribution in [0.5, 0.6) is 0 Å². The van der Waals surface area contributed by atoms with E-state index in [1.165, 1.54) is 38.9 Å². The summed E-state index contributed by atoms with van der Waals surface area (Å²) >= 11 is 4.10. The third-order valence-corrected chi connectivity index (χ3v) is 7.53. The average molecular weight is 645 g/mol. The molecular weight excluding hydrogens is 610 g/mol. The van der Waals surface area contributed by atoms with Gasteiger partial charge in [-0.15, -0.1) is 11.8 Å². The number of carbonyl (C=O) groups excluding carboxylic acids is 1. The number of halogens is 1. The Morgan fingerprint density at radius 1 is 1.08 bits per heavy atom. The van der Waals surface area contributed by atoms with E-state index in [1.807, 2.05) is 6.92 Å². The number of thioether (sulfide) groups is 1. The molecule has 194 valence electrons. The Kier molecular flexibility index (Phi) is 14.3. The highest BCUT2D eigenvalue weighted by Gasteiger charge is 2.16. The molecule has 0 aliphatic heterocycles. The lowest BCUT2D eigenvalue weighted by Crippen LogP contribution is -1.99. The summed E-state index contributed by atoms with van der Waals surface area (Å²) in [5, 5.41) is 11.4. The molecule has 0 bridgehead atoms. The lowest BCUT2D eigenvalue weighted by molar-refractivity contribution is -0.128. The highest BCUT2D eigenvalue weighted by molar-refractivity contribution is 14.2. The molecule has 0 saturated heterocycles. The topological polar surface area (TPSA) is 62.2 Å². The fourth-order valence-corrected chi connectivity index (χ4v) is 5.76. The van der Waals surface area contributed by atoms with Gasteiger partial charge in [-0.25, -0.2) is 0 Å². The number of rotatable bonds is 11. The number of anilines is 1. The molecule has 7 heteroatoms. The fraction of sp³-hybridized carbons (Fsp3) is 0.200. The summed E-state index contributed by atoms with van der Waals surface area (Å²) in [6, 6.07) is 23.8. The Hall–Kier alpha value is -2.41. The first-order valence-corrected chi connectivity index (χ1v) is 17.3. The van der Waals surface area contributed by atoms with Gasteiger partial charge < -0.3 is 15.2 Å². The van der Waals surface area contributed by atoms with Gasteiger partial charge in [0.05, 0.1) is 6.61 Å². The Bertz CT molecular complexity index is 1230. The molecular formula is C30H34IN2O2PS. The second-order valence-electron chi connectivity index (χ2n) is 7.75. The average Bonchev–Trinajstić information content (AvgIpc) is 2.94. The van der Waals surface area contributed by atoms with Gasteiger partial charge in [-0.05, 0) is 100 Å². The van der Waals surface area contributed by atoms with Crippen LogP contribution in [0, 0.1) is 5.41 Å². The van der Waals surface area contributed by atoms with Crippen molar-refractivity contribution in [3.05, 3.63) is 101 Å². The second-order valence-corrected chi connectivity index (χ2v) is 10.7. The lowest BCUT2D eigenvalue weighted by Gasteiger charge is -2.19. The van der Waals surface area contributed by atoms with Crippen LogP contribution in [0.1, 0.15) is 55.0 Å². The zero-order chi connectivity index (χ0) is 27.0. The predicted octanol–water partition coefficient (Wildman–Crippen LogP) is 9.34. The van der Waals surface area contributed by atoms with Crippen molar-refractivity contribution in [3.8, 4) is 0 Å². The SMILES string of the molecule is C/C=C/c1ccc(/C(=C(/CC)c2ccccc2SC)c2ccc(NPI)c(C=N)c2)cc1.CCOC=O. The highest BCUT2D eigenvalue weighted by atomic mass is 127. The highest BCUT2D eigenvalue weighted by Crippen LogP contribution is 2.39. The number of allylic oxidation sites excluding steroid dienone is 2. The number of hydrogen-bond donors (Lipinski definition) is 2. The summed E-state index contributed by atoms with van der Waals surface area (Å²) in [5.41, 5.74) is 9.26. The maximum atomic E-state index is 9.18. The third-order valence-electron chi connectivity index (χ3n) is 5.56. The first kappa shape index (κ1) is 30.8. The van der Waals surface area contributed by atoms with E-state index < -0.39 is 0 Å². The van der Waals surface area contributed by atoms with Crippen LogP contribution < -0.4 is 5.09 Å². The maximum Gasteiger partial charge on any atom is 0.293 e. The van der Waals surface area contributed by atoms with Crippen LogP contribution in [0.2, 0.25) is 0 Å². The van der Waals surface area contributed by atoms with Gasteiger partial charge in [-0.2, -0.15) is 0 Å². The molecule has 2 N–H and O–H groups in total. The number of carbonyl (C=O) groups is 1. The van der Waals surface area contributed by atoms with Crippen molar-refractivity contribution >= 4 is 75.8 Å². The van der Waals surface area contributed by atoms with E-state index in [0.717, 1.165) is 23.2 Å². The van der Waals surface area contributed by atoms with Crippen LogP contribution in [0.15, 0.2) is 77.7 Å². The second kappa shape index (κ2) is 17.2. The van der Waals surface area contributed by atoms with Gasteiger partial charge in [0.1, 0.15) is 0 Å². The lowest BCUT2D eigenvalue weighted by atomic mass is 9.87. The number of ether oxygens (including phenoxy) is 1. The van der Waals surface area contributed by atoms with Crippen molar-refractivity contribution in [1.82, 2.24) is 0 Å². The van der Waals surface area contributed by atoms with E-state index >= 15 is 0 Å². The quantitative estimate of drug-likeness (QED) is 0.0546. The van der Waals surface area contributed by atoms with Crippen LogP contribution >= 0.6 is 40.2 Å². The van der Waals surface area contributed by atoms with Crippen molar-refractivity contribution in [2.45, 2.75) is 32.1 Å². The summed E-state index contributed by atoms with van der Waals surface area (Å²) in [5.74, 6) is 0. The molecule has 37 heavy (non-hydrogen) atoms. The molecule has 0 spiro atoms. The Balaban J connectivity index is 0.000000877. The van der Waals surface area contributed by atoms with Crippen molar-refractivity contribution in [1.29, 1.82) is 5.41 Å². The minimum atomic E-state index is 0.431. The van der Waals surface area contributed by atoms with E-state index in [9.17, 15) is 4.79 Å². The molecule has 0 heterocycles. The summed E-state index contributed by atoms with van der Waals surface area (Å²) in [7, 11) is 0. The molecule has 0 aliphatic carbocycles. The van der Waals surface area contributed by atoms with Gasteiger partial charge >= 0.3 is 0 Å². The molecule has 0 radical (unpaired) electrons. The van der Waals surface area contributed by atoms with Crippen LogP contribution in [-0.4, -0.2) is 25.5 Å². The summed E-state index contributed by atoms with van der Waals surface area (Å²) in [4.78, 5) is 10.5. The van der Waals surface area contributed by atoms with Gasteiger partial charge in [0.25, 0.3) is 6.47 Å². The van der Waals surface area contributed by atoms with Gasteiger partial charge in [-0.1, -0.05) is 67.6 Å². The van der Waals surface area contributed by atoms with Gasteiger partial charge in [0, 0.05) is 28.7 Å². The van der Waals surface area contributed by atoms with Crippen molar-refractivity contribution < 1.29 is 9.53 Å². The Labute approximate surface area is 240 Å². The van der Waals surface area contributed by atoms with E-state index in [0.29, 0.717) is 19.5 Å². The molecule has 1 atom stereocenters. The minimum Gasteiger partial charge on any atom is -0.468 e. The number of benzene rings is 3. The van der Waals surface area contributed by atoms with E-state index in [-0.39, 0.29) is 0 Å². The predicted molar refractivity (Wildman–Crippen MR) is 174 cm³/mol. The van der Waals surface area contributed by atoms with Crippen molar-refractivity contribution in [3.63, 3.8) is 0 Å². The fourth-order valence-electron chi connectivity index (χ4n) is 3.93. The maximum absolute atomic E-state index is 9.18. The summed E-state index contributed by atoms with van der Waals surface area (Å²) < 4.78 is 4.15. The Morgan fingerprint density at radius 3 is 2.32 bits per heavy atom. The monoisotopic (exact) mass is 644 g/mol. The zero-order valence-electron chi connectivity index (χ0n) is 21.7. The van der Waals surface area contributed by atoms with Crippen LogP contribution in [-0.2, 0) is 9.53 Å². The van der Waals surface area contributed by atoms with E-state index in [2.05, 4.69) is 124 Å². The molecule has 0 aliphatic rings. The first-order valence-electron chi connectivity index (χ1n) is 12.0. The van der Waals surface area contributed by atoms with Crippen LogP contribution in [0.3, 0.4) is 0 Å².